The number of amides is 2. The number of rotatable bonds is 8. The number of sulfonamides is 1. The molecule has 0 spiro atoms. The zero-order chi connectivity index (χ0) is 23.1. The lowest BCUT2D eigenvalue weighted by atomic mass is 9.98. The smallest absolute Gasteiger partial charge is 0.253 e. The summed E-state index contributed by atoms with van der Waals surface area (Å²) in [6, 6.07) is 13.0. The van der Waals surface area contributed by atoms with Crippen molar-refractivity contribution in [3.05, 3.63) is 54.1 Å². The summed E-state index contributed by atoms with van der Waals surface area (Å²) in [5.41, 5.74) is 0.800. The van der Waals surface area contributed by atoms with E-state index >= 15 is 0 Å². The second-order valence-electron chi connectivity index (χ2n) is 7.67. The molecular weight excluding hydrogens is 430 g/mol. The first kappa shape index (κ1) is 23.7. The molecule has 2 aromatic carbocycles. The van der Waals surface area contributed by atoms with Crippen molar-refractivity contribution in [1.29, 1.82) is 0 Å². The van der Waals surface area contributed by atoms with Crippen LogP contribution < -0.4 is 15.4 Å². The van der Waals surface area contributed by atoms with Crippen LogP contribution in [0, 0.1) is 5.92 Å². The zero-order valence-electron chi connectivity index (χ0n) is 18.3. The van der Waals surface area contributed by atoms with E-state index < -0.39 is 15.9 Å². The number of carbonyl (C=O) groups excluding carboxylic acids is 2. The number of hydrogen-bond donors (Lipinski definition) is 2. The van der Waals surface area contributed by atoms with E-state index in [-0.39, 0.29) is 23.3 Å². The van der Waals surface area contributed by atoms with Gasteiger partial charge < -0.3 is 15.4 Å². The van der Waals surface area contributed by atoms with Gasteiger partial charge in [-0.25, -0.2) is 8.42 Å². The van der Waals surface area contributed by atoms with E-state index in [1.54, 1.807) is 36.4 Å². The van der Waals surface area contributed by atoms with Crippen LogP contribution in [0.3, 0.4) is 0 Å². The fourth-order valence-corrected chi connectivity index (χ4v) is 5.15. The largest absolute Gasteiger partial charge is 0.497 e. The Hall–Kier alpha value is -2.91. The molecule has 1 heterocycles. The second kappa shape index (κ2) is 10.6. The van der Waals surface area contributed by atoms with Gasteiger partial charge in [-0.05, 0) is 55.7 Å². The lowest BCUT2D eigenvalue weighted by Crippen LogP contribution is -2.43. The lowest BCUT2D eigenvalue weighted by molar-refractivity contribution is -0.120. The Morgan fingerprint density at radius 2 is 1.84 bits per heavy atom. The summed E-state index contributed by atoms with van der Waals surface area (Å²) < 4.78 is 32.6. The molecule has 0 radical (unpaired) electrons. The Morgan fingerprint density at radius 3 is 2.53 bits per heavy atom. The van der Waals surface area contributed by atoms with Crippen molar-refractivity contribution < 1.29 is 22.7 Å². The summed E-state index contributed by atoms with van der Waals surface area (Å²) in [6.45, 7) is 2.95. The quantitative estimate of drug-likeness (QED) is 0.632. The highest BCUT2D eigenvalue weighted by Crippen LogP contribution is 2.26. The number of nitrogens with one attached hydrogen (secondary N) is 2. The van der Waals surface area contributed by atoms with E-state index in [2.05, 4.69) is 10.6 Å². The van der Waals surface area contributed by atoms with Gasteiger partial charge in [-0.3, -0.25) is 9.59 Å². The van der Waals surface area contributed by atoms with E-state index in [1.165, 1.54) is 23.5 Å². The number of anilines is 1. The van der Waals surface area contributed by atoms with E-state index in [1.807, 2.05) is 6.92 Å². The van der Waals surface area contributed by atoms with E-state index in [0.717, 1.165) is 6.42 Å². The molecule has 1 aliphatic rings. The average molecular weight is 460 g/mol. The Labute approximate surface area is 189 Å². The Bertz CT molecular complexity index is 1050. The van der Waals surface area contributed by atoms with Crippen LogP contribution in [0.4, 0.5) is 5.69 Å². The number of methoxy groups -OCH3 is 1. The molecule has 1 saturated heterocycles. The van der Waals surface area contributed by atoms with Gasteiger partial charge >= 0.3 is 0 Å². The van der Waals surface area contributed by atoms with Gasteiger partial charge in [-0.15, -0.1) is 0 Å². The predicted octanol–water partition coefficient (Wildman–Crippen LogP) is 2.87. The van der Waals surface area contributed by atoms with Crippen molar-refractivity contribution >= 4 is 27.5 Å². The molecule has 0 aliphatic carbocycles. The molecule has 2 N–H and O–H groups in total. The van der Waals surface area contributed by atoms with Gasteiger partial charge in [0.15, 0.2) is 0 Å². The minimum absolute atomic E-state index is 0.0877. The van der Waals surface area contributed by atoms with E-state index in [4.69, 9.17) is 4.74 Å². The molecule has 0 saturated carbocycles. The molecular formula is C23H29N3O5S. The van der Waals surface area contributed by atoms with Crippen LogP contribution >= 0.6 is 0 Å². The number of hydrogen-bond acceptors (Lipinski definition) is 5. The zero-order valence-corrected chi connectivity index (χ0v) is 19.2. The Kier molecular flexibility index (Phi) is 7.87. The van der Waals surface area contributed by atoms with Crippen LogP contribution in [0.5, 0.6) is 5.75 Å². The van der Waals surface area contributed by atoms with Crippen LogP contribution in [0.15, 0.2) is 53.4 Å². The molecule has 3 rings (SSSR count). The van der Waals surface area contributed by atoms with Crippen LogP contribution in [0.25, 0.3) is 0 Å². The second-order valence-corrected chi connectivity index (χ2v) is 9.61. The maximum absolute atomic E-state index is 13.1. The Balaban J connectivity index is 1.72. The summed E-state index contributed by atoms with van der Waals surface area (Å²) >= 11 is 0. The molecule has 1 aliphatic heterocycles. The van der Waals surface area contributed by atoms with Crippen molar-refractivity contribution in [3.63, 3.8) is 0 Å². The third-order valence-electron chi connectivity index (χ3n) is 5.42. The SMILES string of the molecule is CCCNC(=O)c1ccccc1NC(=O)C1CCCN(S(=O)(=O)c2ccc(OC)cc2)C1. The first-order valence-corrected chi connectivity index (χ1v) is 12.1. The van der Waals surface area contributed by atoms with E-state index in [0.29, 0.717) is 42.9 Å². The molecule has 172 valence electrons. The van der Waals surface area contributed by atoms with Crippen LogP contribution in [-0.2, 0) is 14.8 Å². The highest BCUT2D eigenvalue weighted by atomic mass is 32.2. The first-order chi connectivity index (χ1) is 15.4. The molecule has 1 unspecified atom stereocenters. The summed E-state index contributed by atoms with van der Waals surface area (Å²) in [6.07, 6.45) is 1.96. The third-order valence-corrected chi connectivity index (χ3v) is 7.30. The van der Waals surface area contributed by atoms with Crippen LogP contribution in [0.1, 0.15) is 36.5 Å². The molecule has 1 atom stereocenters. The number of ether oxygens (including phenoxy) is 1. The summed E-state index contributed by atoms with van der Waals surface area (Å²) in [7, 11) is -2.21. The van der Waals surface area contributed by atoms with Gasteiger partial charge in [-0.1, -0.05) is 19.1 Å². The van der Waals surface area contributed by atoms with Gasteiger partial charge in [0, 0.05) is 19.6 Å². The highest BCUT2D eigenvalue weighted by Gasteiger charge is 2.33. The number of nitrogens with zero attached hydrogens (tertiary/aromatic N) is 1. The van der Waals surface area contributed by atoms with Gasteiger partial charge in [0.05, 0.1) is 29.2 Å². The maximum Gasteiger partial charge on any atom is 0.253 e. The summed E-state index contributed by atoms with van der Waals surface area (Å²) in [5.74, 6) is -0.490. The Morgan fingerprint density at radius 1 is 1.12 bits per heavy atom. The number of benzene rings is 2. The molecule has 32 heavy (non-hydrogen) atoms. The van der Waals surface area contributed by atoms with Crippen molar-refractivity contribution in [1.82, 2.24) is 9.62 Å². The van der Waals surface area contributed by atoms with Crippen LogP contribution in [0.2, 0.25) is 0 Å². The average Bonchev–Trinajstić information content (AvgIpc) is 2.83. The normalized spacial score (nSPS) is 16.9. The van der Waals surface area contributed by atoms with E-state index in [9.17, 15) is 18.0 Å². The summed E-state index contributed by atoms with van der Waals surface area (Å²) in [4.78, 5) is 25.5. The fraction of sp³-hybridized carbons (Fsp3) is 0.391. The monoisotopic (exact) mass is 459 g/mol. The lowest BCUT2D eigenvalue weighted by Gasteiger charge is -2.31. The topological polar surface area (TPSA) is 105 Å². The fourth-order valence-electron chi connectivity index (χ4n) is 3.63. The molecule has 1 fully saturated rings. The third kappa shape index (κ3) is 5.46. The minimum Gasteiger partial charge on any atom is -0.497 e. The van der Waals surface area contributed by atoms with Crippen molar-refractivity contribution in [2.75, 3.05) is 32.1 Å². The molecule has 0 bridgehead atoms. The van der Waals surface area contributed by atoms with Gasteiger partial charge in [0.2, 0.25) is 15.9 Å². The number of carbonyl (C=O) groups is 2. The van der Waals surface area contributed by atoms with Crippen LogP contribution in [-0.4, -0.2) is 51.3 Å². The van der Waals surface area contributed by atoms with Crippen molar-refractivity contribution in [2.45, 2.75) is 31.1 Å². The molecule has 2 aromatic rings. The molecule has 8 nitrogen and oxygen atoms in total. The van der Waals surface area contributed by atoms with Gasteiger partial charge in [0.25, 0.3) is 5.91 Å². The van der Waals surface area contributed by atoms with Gasteiger partial charge in [-0.2, -0.15) is 4.31 Å². The molecule has 0 aromatic heterocycles. The highest BCUT2D eigenvalue weighted by molar-refractivity contribution is 7.89. The van der Waals surface area contributed by atoms with Crippen molar-refractivity contribution in [3.8, 4) is 5.75 Å². The number of para-hydroxylation sites is 1. The van der Waals surface area contributed by atoms with Gasteiger partial charge in [0.1, 0.15) is 5.75 Å². The summed E-state index contributed by atoms with van der Waals surface area (Å²) in [5, 5.41) is 5.63. The first-order valence-electron chi connectivity index (χ1n) is 10.7. The standard InChI is InChI=1S/C23H29N3O5S/c1-3-14-24-23(28)20-8-4-5-9-21(20)25-22(27)17-7-6-15-26(16-17)32(29,30)19-12-10-18(31-2)11-13-19/h4-5,8-13,17H,3,6-7,14-16H2,1-2H3,(H,24,28)(H,25,27). The maximum atomic E-state index is 13.1. The number of piperidine rings is 1. The minimum atomic E-state index is -3.72. The molecule has 2 amide bonds. The van der Waals surface area contributed by atoms with Crippen molar-refractivity contribution in [2.24, 2.45) is 5.92 Å². The predicted molar refractivity (Wildman–Crippen MR) is 122 cm³/mol. The molecule has 9 heteroatoms.